The number of aryl methyl sites for hydroxylation is 1. The number of aliphatic imine (C=N–C) groups is 1. The molecule has 11 heteroatoms. The molecule has 0 saturated heterocycles. The zero-order valence-electron chi connectivity index (χ0n) is 17.9. The fourth-order valence-corrected chi connectivity index (χ4v) is 4.76. The Hall–Kier alpha value is -3.89. The van der Waals surface area contributed by atoms with Gasteiger partial charge in [0.15, 0.2) is 0 Å². The minimum Gasteiger partial charge on any atom is -0.319 e. The molecule has 1 aliphatic heterocycles. The normalized spacial score (nSPS) is 13.6. The number of carbonyl (C=O) groups is 2. The van der Waals surface area contributed by atoms with Crippen LogP contribution in [-0.4, -0.2) is 32.6 Å². The van der Waals surface area contributed by atoms with E-state index in [1.165, 1.54) is 17.1 Å². The summed E-state index contributed by atoms with van der Waals surface area (Å²) in [4.78, 5) is 29.0. The molecule has 0 unspecified atom stereocenters. The van der Waals surface area contributed by atoms with E-state index in [-0.39, 0.29) is 28.9 Å². The molecule has 3 aromatic carbocycles. The van der Waals surface area contributed by atoms with Crippen molar-refractivity contribution in [2.24, 2.45) is 4.99 Å². The molecule has 1 aliphatic rings. The Morgan fingerprint density at radius 1 is 1.03 bits per heavy atom. The van der Waals surface area contributed by atoms with Gasteiger partial charge in [0.25, 0.3) is 21.8 Å². The third kappa shape index (κ3) is 5.19. The fourth-order valence-electron chi connectivity index (χ4n) is 3.25. The van der Waals surface area contributed by atoms with Gasteiger partial charge in [-0.3, -0.25) is 24.7 Å². The van der Waals surface area contributed by atoms with Crippen molar-refractivity contribution in [3.63, 3.8) is 0 Å². The third-order valence-corrected chi connectivity index (χ3v) is 6.64. The first-order valence-corrected chi connectivity index (χ1v) is 12.0. The lowest BCUT2D eigenvalue weighted by molar-refractivity contribution is -0.118. The summed E-state index contributed by atoms with van der Waals surface area (Å²) in [7, 11) is -3.95. The van der Waals surface area contributed by atoms with E-state index in [0.717, 1.165) is 0 Å². The highest BCUT2D eigenvalue weighted by Gasteiger charge is 2.26. The molecule has 0 radical (unpaired) electrons. The second-order valence-electron chi connectivity index (χ2n) is 7.39. The molecule has 1 heterocycles. The number of nitrogens with zero attached hydrogens (tertiary/aromatic N) is 2. The summed E-state index contributed by atoms with van der Waals surface area (Å²) < 4.78 is 28.4. The number of amides is 2. The molecule has 0 atom stereocenters. The summed E-state index contributed by atoms with van der Waals surface area (Å²) in [5.41, 5.74) is 4.32. The van der Waals surface area contributed by atoms with Gasteiger partial charge < -0.3 is 5.32 Å². The number of nitrogens with one attached hydrogen (secondary N) is 3. The second kappa shape index (κ2) is 9.54. The molecule has 174 valence electrons. The molecule has 9 nitrogen and oxygen atoms in total. The maximum Gasteiger partial charge on any atom is 0.292 e. The molecule has 3 N–H and O–H groups in total. The van der Waals surface area contributed by atoms with E-state index in [9.17, 15) is 18.0 Å². The number of sulfonamides is 1. The van der Waals surface area contributed by atoms with Crippen LogP contribution in [0.3, 0.4) is 0 Å². The number of anilines is 3. The number of amidine groups is 1. The highest BCUT2D eigenvalue weighted by atomic mass is 35.5. The van der Waals surface area contributed by atoms with Crippen LogP contribution in [0.2, 0.25) is 5.02 Å². The van der Waals surface area contributed by atoms with Gasteiger partial charge in [0.1, 0.15) is 6.54 Å². The van der Waals surface area contributed by atoms with Gasteiger partial charge in [-0.25, -0.2) is 13.4 Å². The quantitative estimate of drug-likeness (QED) is 0.482. The van der Waals surface area contributed by atoms with Gasteiger partial charge in [0.05, 0.1) is 16.3 Å². The fraction of sp³-hybridized carbons (Fsp3) is 0.0870. The number of hydrazine groups is 1. The number of hydrogen-bond donors (Lipinski definition) is 3. The molecule has 0 aromatic heterocycles. The summed E-state index contributed by atoms with van der Waals surface area (Å²) in [6.45, 7) is 1.44. The Morgan fingerprint density at radius 2 is 1.79 bits per heavy atom. The molecule has 3 aromatic rings. The van der Waals surface area contributed by atoms with Gasteiger partial charge >= 0.3 is 0 Å². The van der Waals surface area contributed by atoms with E-state index in [1.54, 1.807) is 61.5 Å². The zero-order chi connectivity index (χ0) is 24.3. The summed E-state index contributed by atoms with van der Waals surface area (Å²) in [5.74, 6) is -1.02. The number of benzene rings is 3. The molecule has 0 saturated carbocycles. The van der Waals surface area contributed by atoms with Crippen molar-refractivity contribution in [1.29, 1.82) is 0 Å². The van der Waals surface area contributed by atoms with Crippen molar-refractivity contribution in [1.82, 2.24) is 5.43 Å². The third-order valence-electron chi connectivity index (χ3n) is 4.88. The van der Waals surface area contributed by atoms with E-state index in [1.807, 2.05) is 6.07 Å². The molecule has 0 bridgehead atoms. The van der Waals surface area contributed by atoms with E-state index < -0.39 is 15.9 Å². The second-order valence-corrected chi connectivity index (χ2v) is 9.48. The highest BCUT2D eigenvalue weighted by molar-refractivity contribution is 7.92. The average Bonchev–Trinajstić information content (AvgIpc) is 2.81. The van der Waals surface area contributed by atoms with Crippen LogP contribution in [0, 0.1) is 6.92 Å². The van der Waals surface area contributed by atoms with Crippen molar-refractivity contribution in [2.75, 3.05) is 21.6 Å². The van der Waals surface area contributed by atoms with Crippen LogP contribution >= 0.6 is 11.6 Å². The highest BCUT2D eigenvalue weighted by Crippen LogP contribution is 2.24. The largest absolute Gasteiger partial charge is 0.319 e. The van der Waals surface area contributed by atoms with Crippen LogP contribution in [0.1, 0.15) is 5.56 Å². The summed E-state index contributed by atoms with van der Waals surface area (Å²) in [6.07, 6.45) is 0. The monoisotopic (exact) mass is 497 g/mol. The van der Waals surface area contributed by atoms with Crippen LogP contribution in [0.4, 0.5) is 17.1 Å². The Kier molecular flexibility index (Phi) is 6.53. The summed E-state index contributed by atoms with van der Waals surface area (Å²) >= 11 is 5.94. The first kappa shape index (κ1) is 23.3. The van der Waals surface area contributed by atoms with Gasteiger partial charge in [-0.15, -0.1) is 0 Å². The lowest BCUT2D eigenvalue weighted by Gasteiger charge is -2.27. The number of halogens is 1. The van der Waals surface area contributed by atoms with Crippen molar-refractivity contribution in [3.05, 3.63) is 83.4 Å². The molecular weight excluding hydrogens is 478 g/mol. The number of hydrogen-bond acceptors (Lipinski definition) is 6. The van der Waals surface area contributed by atoms with Crippen LogP contribution in [0.25, 0.3) is 0 Å². The van der Waals surface area contributed by atoms with E-state index in [4.69, 9.17) is 11.6 Å². The Morgan fingerprint density at radius 3 is 2.53 bits per heavy atom. The Labute approximate surface area is 201 Å². The predicted molar refractivity (Wildman–Crippen MR) is 131 cm³/mol. The molecule has 0 fully saturated rings. The van der Waals surface area contributed by atoms with E-state index in [2.05, 4.69) is 20.5 Å². The standard InChI is InChI=1S/C23H20ClN5O4S/c1-15-10-11-17(13-20(15)34(32,33)28-18-7-5-6-16(24)12-18)26-23(31)22-25-14-21(30)29(27-22)19-8-3-2-4-9-19/h2-13,28H,14H2,1H3,(H,25,27)(H,26,31). The van der Waals surface area contributed by atoms with Gasteiger partial charge in [0.2, 0.25) is 5.84 Å². The molecule has 2 amide bonds. The predicted octanol–water partition coefficient (Wildman–Crippen LogP) is 3.34. The lowest BCUT2D eigenvalue weighted by atomic mass is 10.2. The van der Waals surface area contributed by atoms with Crippen LogP contribution in [0.15, 0.2) is 82.7 Å². The average molecular weight is 498 g/mol. The first-order valence-electron chi connectivity index (χ1n) is 10.1. The van der Waals surface area contributed by atoms with E-state index >= 15 is 0 Å². The minimum atomic E-state index is -3.95. The topological polar surface area (TPSA) is 120 Å². The van der Waals surface area contributed by atoms with Gasteiger partial charge in [0, 0.05) is 10.7 Å². The first-order chi connectivity index (χ1) is 16.2. The van der Waals surface area contributed by atoms with Crippen LogP contribution < -0.4 is 20.5 Å². The minimum absolute atomic E-state index is 0.00934. The van der Waals surface area contributed by atoms with Crippen LogP contribution in [-0.2, 0) is 19.6 Å². The number of carbonyl (C=O) groups excluding carboxylic acids is 2. The summed E-state index contributed by atoms with van der Waals surface area (Å²) in [5, 5.41) is 4.26. The molecule has 0 aliphatic carbocycles. The van der Waals surface area contributed by atoms with Crippen molar-refractivity contribution in [2.45, 2.75) is 11.8 Å². The molecule has 34 heavy (non-hydrogen) atoms. The van der Waals surface area contributed by atoms with Gasteiger partial charge in [-0.2, -0.15) is 0 Å². The SMILES string of the molecule is Cc1ccc(NC(=O)C2=NCC(=O)N(c3ccccc3)N2)cc1S(=O)(=O)Nc1cccc(Cl)c1. The summed E-state index contributed by atoms with van der Waals surface area (Å²) in [6, 6.07) is 19.6. The lowest BCUT2D eigenvalue weighted by Crippen LogP contribution is -2.54. The van der Waals surface area contributed by atoms with Crippen LogP contribution in [0.5, 0.6) is 0 Å². The molecule has 4 rings (SSSR count). The van der Waals surface area contributed by atoms with E-state index in [0.29, 0.717) is 22.0 Å². The number of para-hydroxylation sites is 1. The van der Waals surface area contributed by atoms with Crippen molar-refractivity contribution in [3.8, 4) is 0 Å². The molecular formula is C23H20ClN5O4S. The Balaban J connectivity index is 1.53. The number of rotatable bonds is 6. The van der Waals surface area contributed by atoms with Gasteiger partial charge in [-0.1, -0.05) is 41.9 Å². The smallest absolute Gasteiger partial charge is 0.292 e. The Bertz CT molecular complexity index is 1390. The maximum atomic E-state index is 13.0. The molecule has 0 spiro atoms. The van der Waals surface area contributed by atoms with Gasteiger partial charge in [-0.05, 0) is 55.0 Å². The van der Waals surface area contributed by atoms with Crippen molar-refractivity contribution >= 4 is 56.3 Å². The van der Waals surface area contributed by atoms with Crippen molar-refractivity contribution < 1.29 is 18.0 Å². The zero-order valence-corrected chi connectivity index (χ0v) is 19.5. The maximum absolute atomic E-state index is 13.0.